The van der Waals surface area contributed by atoms with Crippen LogP contribution in [0.4, 0.5) is 13.2 Å². The van der Waals surface area contributed by atoms with E-state index in [2.05, 4.69) is 0 Å². The summed E-state index contributed by atoms with van der Waals surface area (Å²) in [6.07, 6.45) is 2.59. The van der Waals surface area contributed by atoms with Crippen LogP contribution in [-0.2, 0) is 21.9 Å². The molecule has 1 aromatic heterocycles. The highest BCUT2D eigenvalue weighted by molar-refractivity contribution is 7.90. The Balaban J connectivity index is 1.89. The molecule has 1 heterocycles. The number of aliphatic hydroxyl groups excluding tert-OH is 1. The molecule has 0 saturated heterocycles. The summed E-state index contributed by atoms with van der Waals surface area (Å²) in [5, 5.41) is 9.69. The molecule has 10 heteroatoms. The second-order valence-electron chi connectivity index (χ2n) is 10.3. The number of aliphatic hydroxyl groups is 1. The van der Waals surface area contributed by atoms with E-state index in [-0.39, 0.29) is 43.8 Å². The molecule has 0 radical (unpaired) electrons. The van der Waals surface area contributed by atoms with Crippen molar-refractivity contribution >= 4 is 21.4 Å². The van der Waals surface area contributed by atoms with E-state index in [0.29, 0.717) is 11.5 Å². The minimum absolute atomic E-state index is 0.0124. The zero-order valence-corrected chi connectivity index (χ0v) is 23.6. The quantitative estimate of drug-likeness (QED) is 0.258. The second kappa shape index (κ2) is 10.4. The molecule has 0 aliphatic rings. The Bertz CT molecular complexity index is 1660. The van der Waals surface area contributed by atoms with Crippen LogP contribution >= 0.6 is 11.6 Å². The van der Waals surface area contributed by atoms with Gasteiger partial charge in [-0.2, -0.15) is 0 Å². The topological polar surface area (TPSA) is 72.2 Å². The molecule has 0 aliphatic carbocycles. The molecule has 0 aliphatic heterocycles. The number of aromatic nitrogens is 2. The highest BCUT2D eigenvalue weighted by atomic mass is 35.5. The Morgan fingerprint density at radius 1 is 1.00 bits per heavy atom. The number of hydrogen-bond acceptors (Lipinski definition) is 4. The summed E-state index contributed by atoms with van der Waals surface area (Å²) < 4.78 is 71.4. The number of sulfone groups is 1. The number of rotatable bonds is 7. The maximum Gasteiger partial charge on any atom is 0.176 e. The predicted octanol–water partition coefficient (Wildman–Crippen LogP) is 6.96. The van der Waals surface area contributed by atoms with E-state index in [1.807, 2.05) is 13.8 Å². The first-order valence-corrected chi connectivity index (χ1v) is 14.4. The van der Waals surface area contributed by atoms with Gasteiger partial charge in [-0.1, -0.05) is 37.6 Å². The van der Waals surface area contributed by atoms with Gasteiger partial charge in [0, 0.05) is 28.6 Å². The fraction of sp³-hybridized carbons (Fsp3) is 0.276. The van der Waals surface area contributed by atoms with Crippen molar-refractivity contribution in [1.82, 2.24) is 9.55 Å². The molecular weight excluding hydrogens is 549 g/mol. The monoisotopic (exact) mass is 576 g/mol. The summed E-state index contributed by atoms with van der Waals surface area (Å²) in [4.78, 5) is 4.37. The maximum atomic E-state index is 15.7. The molecule has 3 aromatic carbocycles. The van der Waals surface area contributed by atoms with Gasteiger partial charge in [-0.15, -0.1) is 0 Å². The maximum absolute atomic E-state index is 15.7. The molecule has 39 heavy (non-hydrogen) atoms. The van der Waals surface area contributed by atoms with Crippen molar-refractivity contribution in [3.8, 4) is 16.8 Å². The highest BCUT2D eigenvalue weighted by Crippen LogP contribution is 2.39. The summed E-state index contributed by atoms with van der Waals surface area (Å²) in [5.41, 5.74) is -0.0587. The molecule has 4 aromatic rings. The fourth-order valence-corrected chi connectivity index (χ4v) is 6.00. The standard InChI is InChI=1S/C29H28ClF3N2O3S/c1-16(2)24-14-35(28(34-24)29(3,4)27-20(30)7-6-8-21(27)31)25-10-9-17(11-23(25)33)18-12-22(32)19(15-36)26(13-18)39(5,37)38/h6-14,16,36H,15H2,1-5H3. The van der Waals surface area contributed by atoms with Crippen molar-refractivity contribution in [3.05, 3.63) is 99.8 Å². The molecular formula is C29H28ClF3N2O3S. The van der Waals surface area contributed by atoms with Gasteiger partial charge in [0.05, 0.1) is 28.3 Å². The molecule has 4 rings (SSSR count). The number of imidazole rings is 1. The van der Waals surface area contributed by atoms with Crippen LogP contribution in [0.25, 0.3) is 16.8 Å². The summed E-state index contributed by atoms with van der Waals surface area (Å²) in [6, 6.07) is 10.8. The van der Waals surface area contributed by atoms with Crippen molar-refractivity contribution in [1.29, 1.82) is 0 Å². The van der Waals surface area contributed by atoms with Gasteiger partial charge in [-0.3, -0.25) is 4.57 Å². The predicted molar refractivity (Wildman–Crippen MR) is 146 cm³/mol. The van der Waals surface area contributed by atoms with Crippen LogP contribution in [0.1, 0.15) is 56.3 Å². The number of benzene rings is 3. The van der Waals surface area contributed by atoms with Crippen LogP contribution in [0.5, 0.6) is 0 Å². The first-order chi connectivity index (χ1) is 18.2. The molecule has 0 spiro atoms. The molecule has 0 unspecified atom stereocenters. The fourth-order valence-electron chi connectivity index (χ4n) is 4.65. The van der Waals surface area contributed by atoms with E-state index < -0.39 is 39.3 Å². The van der Waals surface area contributed by atoms with E-state index in [1.165, 1.54) is 30.3 Å². The Kier molecular flexibility index (Phi) is 7.73. The zero-order valence-electron chi connectivity index (χ0n) is 22.1. The third-order valence-corrected chi connectivity index (χ3v) is 8.19. The lowest BCUT2D eigenvalue weighted by Crippen LogP contribution is -2.26. The average Bonchev–Trinajstić information content (AvgIpc) is 3.29. The smallest absolute Gasteiger partial charge is 0.176 e. The summed E-state index contributed by atoms with van der Waals surface area (Å²) in [5.74, 6) is -1.77. The summed E-state index contributed by atoms with van der Waals surface area (Å²) >= 11 is 6.39. The third kappa shape index (κ3) is 5.35. The Morgan fingerprint density at radius 3 is 2.23 bits per heavy atom. The highest BCUT2D eigenvalue weighted by Gasteiger charge is 2.35. The lowest BCUT2D eigenvalue weighted by Gasteiger charge is -2.27. The van der Waals surface area contributed by atoms with Gasteiger partial charge in [-0.25, -0.2) is 26.6 Å². The lowest BCUT2D eigenvalue weighted by atomic mass is 9.83. The Hall–Kier alpha value is -3.14. The van der Waals surface area contributed by atoms with Crippen molar-refractivity contribution in [2.24, 2.45) is 0 Å². The SMILES string of the molecule is CC(C)c1cn(-c2ccc(-c3cc(F)c(CO)c(S(C)(=O)=O)c3)cc2F)c(C(C)(C)c2c(F)cccc2Cl)n1. The van der Waals surface area contributed by atoms with Gasteiger partial charge >= 0.3 is 0 Å². The average molecular weight is 577 g/mol. The molecule has 0 atom stereocenters. The molecule has 0 bridgehead atoms. The zero-order chi connectivity index (χ0) is 28.9. The normalized spacial score (nSPS) is 12.4. The van der Waals surface area contributed by atoms with E-state index in [1.54, 1.807) is 30.7 Å². The first-order valence-electron chi connectivity index (χ1n) is 12.1. The van der Waals surface area contributed by atoms with Gasteiger partial charge in [-0.05, 0) is 67.3 Å². The minimum atomic E-state index is -3.87. The first kappa shape index (κ1) is 28.9. The Morgan fingerprint density at radius 2 is 1.67 bits per heavy atom. The summed E-state index contributed by atoms with van der Waals surface area (Å²) in [6.45, 7) is 6.58. The van der Waals surface area contributed by atoms with Crippen molar-refractivity contribution in [2.75, 3.05) is 6.26 Å². The van der Waals surface area contributed by atoms with Crippen LogP contribution in [0.15, 0.2) is 59.6 Å². The molecule has 0 saturated carbocycles. The molecule has 1 N–H and O–H groups in total. The van der Waals surface area contributed by atoms with Gasteiger partial charge in [0.15, 0.2) is 9.84 Å². The Labute approximate surface area is 230 Å². The van der Waals surface area contributed by atoms with Crippen LogP contribution in [-0.4, -0.2) is 29.3 Å². The minimum Gasteiger partial charge on any atom is -0.392 e. The van der Waals surface area contributed by atoms with Crippen LogP contribution in [0, 0.1) is 17.5 Å². The molecule has 5 nitrogen and oxygen atoms in total. The third-order valence-electron chi connectivity index (χ3n) is 6.72. The molecule has 206 valence electrons. The van der Waals surface area contributed by atoms with E-state index >= 15 is 4.39 Å². The van der Waals surface area contributed by atoms with Crippen LogP contribution in [0.2, 0.25) is 5.02 Å². The van der Waals surface area contributed by atoms with E-state index in [0.717, 1.165) is 18.4 Å². The van der Waals surface area contributed by atoms with Gasteiger partial charge in [0.1, 0.15) is 23.3 Å². The van der Waals surface area contributed by atoms with Gasteiger partial charge < -0.3 is 5.11 Å². The largest absolute Gasteiger partial charge is 0.392 e. The van der Waals surface area contributed by atoms with E-state index in [4.69, 9.17) is 16.6 Å². The molecule has 0 amide bonds. The van der Waals surface area contributed by atoms with Crippen LogP contribution in [0.3, 0.4) is 0 Å². The van der Waals surface area contributed by atoms with Crippen molar-refractivity contribution in [2.45, 2.75) is 50.5 Å². The van der Waals surface area contributed by atoms with Crippen molar-refractivity contribution < 1.29 is 26.7 Å². The molecule has 0 fully saturated rings. The van der Waals surface area contributed by atoms with Gasteiger partial charge in [0.25, 0.3) is 0 Å². The van der Waals surface area contributed by atoms with Crippen molar-refractivity contribution in [3.63, 3.8) is 0 Å². The number of hydrogen-bond donors (Lipinski definition) is 1. The lowest BCUT2D eigenvalue weighted by molar-refractivity contribution is 0.272. The number of nitrogens with zero attached hydrogens (tertiary/aromatic N) is 2. The van der Waals surface area contributed by atoms with Crippen LogP contribution < -0.4 is 0 Å². The van der Waals surface area contributed by atoms with Gasteiger partial charge in [0.2, 0.25) is 0 Å². The summed E-state index contributed by atoms with van der Waals surface area (Å²) in [7, 11) is -3.87. The number of halogens is 4. The van der Waals surface area contributed by atoms with E-state index in [9.17, 15) is 22.3 Å². The second-order valence-corrected chi connectivity index (χ2v) is 12.7.